The number of nitriles is 1. The molecule has 0 fully saturated rings. The number of carboxylic acid groups (broad SMARTS) is 1. The number of hydrogen-bond donors (Lipinski definition) is 4. The molecule has 0 saturated carbocycles. The first-order valence-corrected chi connectivity index (χ1v) is 14.0. The summed E-state index contributed by atoms with van der Waals surface area (Å²) in [6.45, 7) is 3.90. The van der Waals surface area contributed by atoms with Crippen LogP contribution in [0, 0.1) is 16.7 Å². The third-order valence-electron chi connectivity index (χ3n) is 6.54. The van der Waals surface area contributed by atoms with Crippen LogP contribution in [-0.4, -0.2) is 55.0 Å². The largest absolute Gasteiger partial charge is 0.467 e. The molecule has 0 aliphatic carbocycles. The maximum Gasteiger partial charge on any atom is 0.404 e. The second kappa shape index (κ2) is 14.4. The van der Waals surface area contributed by atoms with Crippen molar-refractivity contribution in [1.82, 2.24) is 15.6 Å². The number of anilines is 1. The van der Waals surface area contributed by atoms with Crippen LogP contribution in [0.5, 0.6) is 5.75 Å². The molecular formula is C32H30ClN5O7. The number of carbonyl (C=O) groups excluding carboxylic acids is 2. The molecule has 0 radical (unpaired) electrons. The Balaban J connectivity index is 1.78. The van der Waals surface area contributed by atoms with Gasteiger partial charge in [-0.2, -0.15) is 5.26 Å². The average Bonchev–Trinajstić information content (AvgIpc) is 3.57. The summed E-state index contributed by atoms with van der Waals surface area (Å²) in [5, 5.41) is 27.4. The minimum absolute atomic E-state index is 0.0170. The fourth-order valence-electron chi connectivity index (χ4n) is 4.27. The Kier molecular flexibility index (Phi) is 10.4. The number of ether oxygens (including phenoxy) is 2. The molecular weight excluding hydrogens is 602 g/mol. The van der Waals surface area contributed by atoms with Crippen molar-refractivity contribution in [2.45, 2.75) is 13.8 Å². The zero-order valence-electron chi connectivity index (χ0n) is 24.6. The number of pyridine rings is 1. The highest BCUT2D eigenvalue weighted by molar-refractivity contribution is 6.30. The van der Waals surface area contributed by atoms with E-state index in [0.717, 1.165) is 0 Å². The Morgan fingerprint density at radius 1 is 1.02 bits per heavy atom. The van der Waals surface area contributed by atoms with E-state index < -0.39 is 23.3 Å². The van der Waals surface area contributed by atoms with Crippen molar-refractivity contribution in [2.75, 3.05) is 32.3 Å². The van der Waals surface area contributed by atoms with E-state index in [1.807, 2.05) is 13.8 Å². The van der Waals surface area contributed by atoms with Gasteiger partial charge in [0.1, 0.15) is 17.4 Å². The summed E-state index contributed by atoms with van der Waals surface area (Å²) in [5.41, 5.74) is 1.51. The standard InChI is InChI=1S/C32H30ClN5O7/c1-32(2,17-36-31(41)42)16-35-29(39)20-7-4-6-19(12-20)23-14-25(22-10-9-21(33)13-27(22)45-18-43-3)37-28(24(23)15-34)38-30(40)26-8-5-11-44-26/h4-14,36H,16-18H2,1-3H3,(H,35,39)(H,41,42)(H,37,38,40). The van der Waals surface area contributed by atoms with Crippen LogP contribution in [0.2, 0.25) is 5.02 Å². The molecule has 4 rings (SSSR count). The molecule has 45 heavy (non-hydrogen) atoms. The van der Waals surface area contributed by atoms with Crippen LogP contribution in [0.1, 0.15) is 40.3 Å². The van der Waals surface area contributed by atoms with Crippen LogP contribution >= 0.6 is 11.6 Å². The number of nitrogens with zero attached hydrogens (tertiary/aromatic N) is 2. The quantitative estimate of drug-likeness (QED) is 0.141. The lowest BCUT2D eigenvalue weighted by atomic mass is 9.93. The van der Waals surface area contributed by atoms with Gasteiger partial charge in [-0.15, -0.1) is 0 Å². The van der Waals surface area contributed by atoms with Gasteiger partial charge in [-0.1, -0.05) is 37.6 Å². The number of benzene rings is 2. The molecule has 0 bridgehead atoms. The molecule has 13 heteroatoms. The topological polar surface area (TPSA) is 176 Å². The summed E-state index contributed by atoms with van der Waals surface area (Å²) in [5.74, 6) is -0.687. The van der Waals surface area contributed by atoms with E-state index in [1.165, 1.54) is 19.4 Å². The molecule has 0 saturated heterocycles. The van der Waals surface area contributed by atoms with Gasteiger partial charge in [-0.25, -0.2) is 9.78 Å². The first kappa shape index (κ1) is 32.5. The van der Waals surface area contributed by atoms with E-state index in [2.05, 4.69) is 27.0 Å². The predicted octanol–water partition coefficient (Wildman–Crippen LogP) is 5.79. The van der Waals surface area contributed by atoms with Crippen molar-refractivity contribution in [3.05, 3.63) is 88.8 Å². The molecule has 2 heterocycles. The number of rotatable bonds is 12. The van der Waals surface area contributed by atoms with E-state index in [9.17, 15) is 19.6 Å². The smallest absolute Gasteiger partial charge is 0.404 e. The van der Waals surface area contributed by atoms with E-state index in [1.54, 1.807) is 54.6 Å². The molecule has 232 valence electrons. The maximum absolute atomic E-state index is 13.1. The number of carbonyl (C=O) groups is 3. The van der Waals surface area contributed by atoms with Crippen molar-refractivity contribution >= 4 is 35.3 Å². The molecule has 0 aliphatic heterocycles. The normalized spacial score (nSPS) is 10.9. The van der Waals surface area contributed by atoms with Crippen LogP contribution in [0.3, 0.4) is 0 Å². The second-order valence-corrected chi connectivity index (χ2v) is 11.0. The van der Waals surface area contributed by atoms with Gasteiger partial charge in [0.2, 0.25) is 0 Å². The van der Waals surface area contributed by atoms with Crippen molar-refractivity contribution < 1.29 is 33.4 Å². The van der Waals surface area contributed by atoms with Crippen molar-refractivity contribution in [3.63, 3.8) is 0 Å². The van der Waals surface area contributed by atoms with Crippen molar-refractivity contribution in [1.29, 1.82) is 5.26 Å². The Morgan fingerprint density at radius 2 is 1.80 bits per heavy atom. The van der Waals surface area contributed by atoms with Gasteiger partial charge in [0.05, 0.1) is 12.0 Å². The molecule has 0 aliphatic rings. The molecule has 4 aromatic rings. The van der Waals surface area contributed by atoms with Crippen LogP contribution in [0.4, 0.5) is 10.6 Å². The van der Waals surface area contributed by atoms with Crippen LogP contribution in [0.15, 0.2) is 71.3 Å². The lowest BCUT2D eigenvalue weighted by molar-refractivity contribution is 0.0515. The number of furan rings is 1. The van der Waals surface area contributed by atoms with E-state index >= 15 is 0 Å². The summed E-state index contributed by atoms with van der Waals surface area (Å²) >= 11 is 6.23. The Hall–Kier alpha value is -5.38. The fraction of sp³-hybridized carbons (Fsp3) is 0.219. The van der Waals surface area contributed by atoms with Gasteiger partial charge in [0.15, 0.2) is 18.4 Å². The molecule has 2 aromatic carbocycles. The number of hydrogen-bond acceptors (Lipinski definition) is 8. The molecule has 0 unspecified atom stereocenters. The SMILES string of the molecule is COCOc1cc(Cl)ccc1-c1cc(-c2cccc(C(=O)NCC(C)(C)CNC(=O)O)c2)c(C#N)c(NC(=O)c2ccco2)n1. The monoisotopic (exact) mass is 631 g/mol. The Morgan fingerprint density at radius 3 is 2.49 bits per heavy atom. The number of nitrogens with one attached hydrogen (secondary N) is 3. The number of amides is 3. The molecule has 4 N–H and O–H groups in total. The van der Waals surface area contributed by atoms with E-state index in [0.29, 0.717) is 38.7 Å². The van der Waals surface area contributed by atoms with Gasteiger partial charge >= 0.3 is 6.09 Å². The van der Waals surface area contributed by atoms with Gasteiger partial charge in [-0.3, -0.25) is 9.59 Å². The van der Waals surface area contributed by atoms with Gasteiger partial charge < -0.3 is 34.9 Å². The minimum Gasteiger partial charge on any atom is -0.467 e. The summed E-state index contributed by atoms with van der Waals surface area (Å²) in [4.78, 5) is 41.6. The number of methoxy groups -OCH3 is 1. The molecule has 12 nitrogen and oxygen atoms in total. The summed E-state index contributed by atoms with van der Waals surface area (Å²) in [6, 6.07) is 18.4. The summed E-state index contributed by atoms with van der Waals surface area (Å²) in [7, 11) is 1.47. The van der Waals surface area contributed by atoms with Crippen molar-refractivity contribution in [3.8, 4) is 34.2 Å². The predicted molar refractivity (Wildman–Crippen MR) is 166 cm³/mol. The van der Waals surface area contributed by atoms with Gasteiger partial charge in [0, 0.05) is 41.9 Å². The first-order chi connectivity index (χ1) is 21.5. The van der Waals surface area contributed by atoms with Gasteiger partial charge in [0.25, 0.3) is 11.8 Å². The molecule has 2 aromatic heterocycles. The molecule has 0 spiro atoms. The highest BCUT2D eigenvalue weighted by Gasteiger charge is 2.23. The highest BCUT2D eigenvalue weighted by atomic mass is 35.5. The van der Waals surface area contributed by atoms with E-state index in [4.69, 9.17) is 30.6 Å². The fourth-order valence-corrected chi connectivity index (χ4v) is 4.43. The second-order valence-electron chi connectivity index (χ2n) is 10.6. The van der Waals surface area contributed by atoms with Crippen LogP contribution < -0.4 is 20.7 Å². The minimum atomic E-state index is -1.15. The van der Waals surface area contributed by atoms with Crippen LogP contribution in [-0.2, 0) is 4.74 Å². The zero-order valence-corrected chi connectivity index (χ0v) is 25.4. The van der Waals surface area contributed by atoms with E-state index in [-0.39, 0.29) is 37.0 Å². The summed E-state index contributed by atoms with van der Waals surface area (Å²) < 4.78 is 16.0. The summed E-state index contributed by atoms with van der Waals surface area (Å²) in [6.07, 6.45) is 0.200. The third-order valence-corrected chi connectivity index (χ3v) is 6.78. The third kappa shape index (κ3) is 8.38. The number of aromatic nitrogens is 1. The first-order valence-electron chi connectivity index (χ1n) is 13.6. The van der Waals surface area contributed by atoms with Crippen LogP contribution in [0.25, 0.3) is 22.4 Å². The lowest BCUT2D eigenvalue weighted by Gasteiger charge is -2.24. The maximum atomic E-state index is 13.1. The highest BCUT2D eigenvalue weighted by Crippen LogP contribution is 2.37. The number of halogens is 1. The Labute approximate surface area is 263 Å². The molecule has 3 amide bonds. The van der Waals surface area contributed by atoms with Crippen molar-refractivity contribution in [2.24, 2.45) is 5.41 Å². The Bertz CT molecular complexity index is 1750. The van der Waals surface area contributed by atoms with Gasteiger partial charge in [-0.05, 0) is 59.5 Å². The average molecular weight is 632 g/mol. The lowest BCUT2D eigenvalue weighted by Crippen LogP contribution is -2.41. The molecule has 0 atom stereocenters. The zero-order chi connectivity index (χ0) is 32.6.